The number of rotatable bonds is 5. The Morgan fingerprint density at radius 2 is 1.69 bits per heavy atom. The molecule has 0 bridgehead atoms. The molecule has 0 N–H and O–H groups in total. The van der Waals surface area contributed by atoms with Gasteiger partial charge in [0, 0.05) is 22.2 Å². The molecule has 3 aromatic rings. The monoisotopic (exact) mass is 498 g/mol. The number of hydrogen-bond acceptors (Lipinski definition) is 6. The Hall–Kier alpha value is -4.08. The summed E-state index contributed by atoms with van der Waals surface area (Å²) in [7, 11) is 2.83. The van der Waals surface area contributed by atoms with Crippen LogP contribution >= 0.6 is 11.6 Å². The molecule has 7 heteroatoms. The maximum atomic E-state index is 14.2. The van der Waals surface area contributed by atoms with E-state index in [1.165, 1.54) is 7.11 Å². The smallest absolute Gasteiger partial charge is 0.329 e. The molecule has 0 radical (unpaired) electrons. The number of carbonyl (C=O) groups excluding carboxylic acids is 2. The summed E-state index contributed by atoms with van der Waals surface area (Å²) in [6.07, 6.45) is 3.72. The zero-order valence-corrected chi connectivity index (χ0v) is 20.5. The van der Waals surface area contributed by atoms with Crippen molar-refractivity contribution in [2.24, 2.45) is 5.41 Å². The number of nitriles is 1. The number of carbonyl (C=O) groups is 2. The summed E-state index contributed by atoms with van der Waals surface area (Å²) in [5.74, 6) is -1.11. The van der Waals surface area contributed by atoms with Crippen LogP contribution in [0.5, 0.6) is 5.75 Å². The molecule has 36 heavy (non-hydrogen) atoms. The molecule has 0 unspecified atom stereocenters. The molecule has 1 saturated heterocycles. The van der Waals surface area contributed by atoms with Crippen LogP contribution in [0.15, 0.2) is 78.9 Å². The average Bonchev–Trinajstić information content (AvgIpc) is 3.24. The van der Waals surface area contributed by atoms with Crippen molar-refractivity contribution in [2.45, 2.75) is 18.0 Å². The lowest BCUT2D eigenvalue weighted by Gasteiger charge is -2.36. The summed E-state index contributed by atoms with van der Waals surface area (Å²) in [4.78, 5) is 29.7. The second-order valence-electron chi connectivity index (χ2n) is 8.81. The number of methoxy groups -OCH3 is 2. The molecule has 0 aromatic heterocycles. The van der Waals surface area contributed by atoms with E-state index in [4.69, 9.17) is 21.1 Å². The number of esters is 1. The Labute approximate surface area is 214 Å². The molecule has 2 heterocycles. The van der Waals surface area contributed by atoms with Crippen LogP contribution in [-0.4, -0.2) is 38.1 Å². The molecule has 0 saturated carbocycles. The van der Waals surface area contributed by atoms with Crippen LogP contribution in [0.2, 0.25) is 5.02 Å². The van der Waals surface area contributed by atoms with Crippen LogP contribution in [-0.2, 0) is 9.53 Å². The SMILES string of the molecule is COC(=O)[C@@]1(C#N)[C@@H](c2ccc(OC)cc2)[C@H](C(=O)c2ccc(Cl)cc2)N2c3ccccc3C=C[C@@H]21. The van der Waals surface area contributed by atoms with Gasteiger partial charge in [-0.3, -0.25) is 9.59 Å². The molecule has 0 aliphatic carbocycles. The predicted molar refractivity (Wildman–Crippen MR) is 137 cm³/mol. The third-order valence-corrected chi connectivity index (χ3v) is 7.38. The highest BCUT2D eigenvalue weighted by Crippen LogP contribution is 2.56. The third kappa shape index (κ3) is 3.47. The number of ether oxygens (including phenoxy) is 2. The van der Waals surface area contributed by atoms with Crippen molar-refractivity contribution in [3.63, 3.8) is 0 Å². The highest BCUT2D eigenvalue weighted by molar-refractivity contribution is 6.30. The first-order chi connectivity index (χ1) is 17.5. The van der Waals surface area contributed by atoms with Crippen molar-refractivity contribution >= 4 is 35.1 Å². The zero-order valence-electron chi connectivity index (χ0n) is 19.7. The number of anilines is 1. The van der Waals surface area contributed by atoms with Crippen LogP contribution in [0.4, 0.5) is 5.69 Å². The minimum atomic E-state index is -1.68. The van der Waals surface area contributed by atoms with E-state index in [9.17, 15) is 14.9 Å². The largest absolute Gasteiger partial charge is 0.497 e. The number of hydrogen-bond donors (Lipinski definition) is 0. The number of para-hydroxylation sites is 1. The maximum absolute atomic E-state index is 14.2. The number of Topliss-reactive ketones (excluding diaryl/α,β-unsaturated/α-hetero) is 1. The van der Waals surface area contributed by atoms with Crippen LogP contribution in [0.1, 0.15) is 27.4 Å². The summed E-state index contributed by atoms with van der Waals surface area (Å²) in [6.45, 7) is 0. The van der Waals surface area contributed by atoms with Crippen molar-refractivity contribution in [2.75, 3.05) is 19.1 Å². The fraction of sp³-hybridized carbons (Fsp3) is 0.207. The molecule has 5 rings (SSSR count). The third-order valence-electron chi connectivity index (χ3n) is 7.13. The van der Waals surface area contributed by atoms with Crippen molar-refractivity contribution in [3.8, 4) is 11.8 Å². The standard InChI is InChI=1S/C29H23ClN2O4/c1-35-22-14-9-19(10-15-22)25-26(27(33)20-7-12-21(30)13-8-20)32-23-6-4-3-5-18(23)11-16-24(32)29(25,17-31)28(34)36-2/h3-16,24-26H,1-2H3/t24-,25+,26-,29-/m1/s1. The Bertz CT molecular complexity index is 1390. The van der Waals surface area contributed by atoms with E-state index >= 15 is 0 Å². The molecule has 180 valence electrons. The van der Waals surface area contributed by atoms with Gasteiger partial charge in [-0.25, -0.2) is 0 Å². The molecule has 1 fully saturated rings. The van der Waals surface area contributed by atoms with Crippen LogP contribution < -0.4 is 9.64 Å². The summed E-state index contributed by atoms with van der Waals surface area (Å²) >= 11 is 6.09. The fourth-order valence-corrected chi connectivity index (χ4v) is 5.63. The van der Waals surface area contributed by atoms with E-state index < -0.39 is 29.4 Å². The molecule has 2 aliphatic rings. The number of fused-ring (bicyclic) bond motifs is 3. The Morgan fingerprint density at radius 1 is 1.00 bits per heavy atom. The van der Waals surface area contributed by atoms with Gasteiger partial charge in [0.1, 0.15) is 11.8 Å². The summed E-state index contributed by atoms with van der Waals surface area (Å²) in [5, 5.41) is 11.2. The quantitative estimate of drug-likeness (QED) is 0.351. The molecule has 0 spiro atoms. The summed E-state index contributed by atoms with van der Waals surface area (Å²) in [6, 6.07) is 22.1. The van der Waals surface area contributed by atoms with Gasteiger partial charge in [-0.2, -0.15) is 5.26 Å². The summed E-state index contributed by atoms with van der Waals surface area (Å²) < 4.78 is 10.6. The first-order valence-electron chi connectivity index (χ1n) is 11.4. The van der Waals surface area contributed by atoms with Crippen molar-refractivity contribution in [1.82, 2.24) is 0 Å². The first-order valence-corrected chi connectivity index (χ1v) is 11.8. The van der Waals surface area contributed by atoms with E-state index in [2.05, 4.69) is 6.07 Å². The summed E-state index contributed by atoms with van der Waals surface area (Å²) in [5.41, 5.74) is 1.09. The van der Waals surface area contributed by atoms with E-state index in [1.807, 2.05) is 41.3 Å². The van der Waals surface area contributed by atoms with Gasteiger partial charge < -0.3 is 14.4 Å². The Balaban J connectivity index is 1.79. The van der Waals surface area contributed by atoms with Gasteiger partial charge in [-0.1, -0.05) is 54.1 Å². The minimum absolute atomic E-state index is 0.219. The molecule has 3 aromatic carbocycles. The molecule has 2 aliphatic heterocycles. The van der Waals surface area contributed by atoms with Crippen LogP contribution in [0.25, 0.3) is 6.08 Å². The fourth-order valence-electron chi connectivity index (χ4n) is 5.51. The van der Waals surface area contributed by atoms with Gasteiger partial charge in [0.05, 0.1) is 26.3 Å². The van der Waals surface area contributed by atoms with Crippen molar-refractivity contribution in [1.29, 1.82) is 5.26 Å². The number of halogens is 1. The number of ketones is 1. The second-order valence-corrected chi connectivity index (χ2v) is 9.25. The predicted octanol–water partition coefficient (Wildman–Crippen LogP) is 5.28. The number of benzene rings is 3. The van der Waals surface area contributed by atoms with Gasteiger partial charge in [-0.15, -0.1) is 0 Å². The molecule has 0 amide bonds. The van der Waals surface area contributed by atoms with E-state index in [0.717, 1.165) is 11.3 Å². The van der Waals surface area contributed by atoms with Gasteiger partial charge in [0.15, 0.2) is 11.2 Å². The first kappa shape index (κ1) is 23.7. The van der Waals surface area contributed by atoms with Gasteiger partial charge >= 0.3 is 5.97 Å². The molecular weight excluding hydrogens is 476 g/mol. The lowest BCUT2D eigenvalue weighted by Crippen LogP contribution is -2.46. The second kappa shape index (κ2) is 9.18. The van der Waals surface area contributed by atoms with Gasteiger partial charge in [0.25, 0.3) is 0 Å². The topological polar surface area (TPSA) is 79.6 Å². The highest BCUT2D eigenvalue weighted by Gasteiger charge is 2.67. The zero-order chi connectivity index (χ0) is 25.4. The molecular formula is C29H23ClN2O4. The van der Waals surface area contributed by atoms with Crippen LogP contribution in [0.3, 0.4) is 0 Å². The van der Waals surface area contributed by atoms with Crippen LogP contribution in [0, 0.1) is 16.7 Å². The van der Waals surface area contributed by atoms with Crippen molar-refractivity contribution < 1.29 is 19.1 Å². The van der Waals surface area contributed by atoms with Crippen molar-refractivity contribution in [3.05, 3.63) is 101 Å². The normalized spacial score (nSPS) is 23.8. The Morgan fingerprint density at radius 3 is 2.33 bits per heavy atom. The van der Waals surface area contributed by atoms with E-state index in [1.54, 1.807) is 55.6 Å². The van der Waals surface area contributed by atoms with E-state index in [0.29, 0.717) is 21.9 Å². The van der Waals surface area contributed by atoms with Gasteiger partial charge in [-0.05, 0) is 53.6 Å². The Kier molecular flexibility index (Phi) is 6.03. The molecule has 6 nitrogen and oxygen atoms in total. The minimum Gasteiger partial charge on any atom is -0.497 e. The number of nitrogens with zero attached hydrogens (tertiary/aromatic N) is 2. The van der Waals surface area contributed by atoms with E-state index in [-0.39, 0.29) is 5.78 Å². The van der Waals surface area contributed by atoms with Gasteiger partial charge in [0.2, 0.25) is 0 Å². The molecule has 4 atom stereocenters. The maximum Gasteiger partial charge on any atom is 0.329 e. The lowest BCUT2D eigenvalue weighted by molar-refractivity contribution is -0.150. The average molecular weight is 499 g/mol. The highest BCUT2D eigenvalue weighted by atomic mass is 35.5. The lowest BCUT2D eigenvalue weighted by atomic mass is 9.68.